The molecular weight excluding hydrogens is 271 g/mol. The van der Waals surface area contributed by atoms with Gasteiger partial charge in [0.15, 0.2) is 0 Å². The second-order valence-corrected chi connectivity index (χ2v) is 6.45. The highest BCUT2D eigenvalue weighted by Crippen LogP contribution is 2.11. The van der Waals surface area contributed by atoms with Crippen molar-refractivity contribution in [3.8, 4) is 0 Å². The minimum atomic E-state index is -3.21. The summed E-state index contributed by atoms with van der Waals surface area (Å²) in [6.07, 6.45) is 1.15. The van der Waals surface area contributed by atoms with Crippen LogP contribution in [0.25, 0.3) is 0 Å². The first-order valence-electron chi connectivity index (χ1n) is 5.88. The summed E-state index contributed by atoms with van der Waals surface area (Å²) in [5.74, 6) is -0.728. The molecule has 1 amide bonds. The highest BCUT2D eigenvalue weighted by molar-refractivity contribution is 7.88. The molecule has 5 nitrogen and oxygen atoms in total. The van der Waals surface area contributed by atoms with E-state index < -0.39 is 15.8 Å². The maximum Gasteiger partial charge on any atom is 0.254 e. The van der Waals surface area contributed by atoms with Crippen LogP contribution in [-0.2, 0) is 10.0 Å². The number of amides is 1. The van der Waals surface area contributed by atoms with E-state index in [-0.39, 0.29) is 24.6 Å². The summed E-state index contributed by atoms with van der Waals surface area (Å²) in [4.78, 5) is 13.6. The molecule has 1 saturated heterocycles. The Hall–Kier alpha value is -1.47. The Bertz CT molecular complexity index is 580. The van der Waals surface area contributed by atoms with Crippen LogP contribution in [0, 0.1) is 5.82 Å². The molecule has 0 saturated carbocycles. The van der Waals surface area contributed by atoms with Crippen LogP contribution in [0.15, 0.2) is 24.3 Å². The maximum absolute atomic E-state index is 13.1. The first kappa shape index (κ1) is 14.0. The van der Waals surface area contributed by atoms with E-state index in [0.717, 1.165) is 6.26 Å². The van der Waals surface area contributed by atoms with Gasteiger partial charge in [0.05, 0.1) is 6.26 Å². The van der Waals surface area contributed by atoms with E-state index in [1.807, 2.05) is 0 Å². The van der Waals surface area contributed by atoms with Crippen molar-refractivity contribution in [1.29, 1.82) is 0 Å². The molecule has 0 aromatic heterocycles. The fourth-order valence-corrected chi connectivity index (χ4v) is 2.85. The van der Waals surface area contributed by atoms with Crippen molar-refractivity contribution in [2.75, 3.05) is 32.4 Å². The largest absolute Gasteiger partial charge is 0.336 e. The fourth-order valence-electron chi connectivity index (χ4n) is 2.03. The van der Waals surface area contributed by atoms with Crippen molar-refractivity contribution < 1.29 is 17.6 Å². The molecule has 0 unspecified atom stereocenters. The first-order chi connectivity index (χ1) is 8.88. The van der Waals surface area contributed by atoms with Crippen LogP contribution in [0.2, 0.25) is 0 Å². The molecule has 0 aliphatic carbocycles. The number of piperazine rings is 1. The third-order valence-electron chi connectivity index (χ3n) is 3.07. The monoisotopic (exact) mass is 286 g/mol. The lowest BCUT2D eigenvalue weighted by Gasteiger charge is -2.33. The lowest BCUT2D eigenvalue weighted by atomic mass is 10.2. The van der Waals surface area contributed by atoms with Crippen LogP contribution < -0.4 is 0 Å². The molecule has 0 bridgehead atoms. The number of hydrogen-bond acceptors (Lipinski definition) is 3. The fraction of sp³-hybridized carbons (Fsp3) is 0.417. The zero-order valence-electron chi connectivity index (χ0n) is 10.5. The molecule has 7 heteroatoms. The van der Waals surface area contributed by atoms with Gasteiger partial charge in [-0.25, -0.2) is 12.8 Å². The van der Waals surface area contributed by atoms with Crippen LogP contribution in [0.4, 0.5) is 4.39 Å². The number of sulfonamides is 1. The number of carbonyl (C=O) groups is 1. The minimum absolute atomic E-state index is 0.271. The van der Waals surface area contributed by atoms with E-state index in [1.165, 1.54) is 27.4 Å². The Morgan fingerprint density at radius 1 is 1.21 bits per heavy atom. The van der Waals surface area contributed by atoms with E-state index >= 15 is 0 Å². The van der Waals surface area contributed by atoms with E-state index in [9.17, 15) is 17.6 Å². The van der Waals surface area contributed by atoms with Crippen molar-refractivity contribution in [3.63, 3.8) is 0 Å². The van der Waals surface area contributed by atoms with Crippen molar-refractivity contribution in [1.82, 2.24) is 9.21 Å². The SMILES string of the molecule is CS(=O)(=O)N1CCN(C(=O)c2cccc(F)c2)CC1. The van der Waals surface area contributed by atoms with Crippen LogP contribution >= 0.6 is 0 Å². The van der Waals surface area contributed by atoms with Crippen LogP contribution in [-0.4, -0.2) is 56.0 Å². The summed E-state index contributed by atoms with van der Waals surface area (Å²) >= 11 is 0. The normalized spacial score (nSPS) is 17.5. The Kier molecular flexibility index (Phi) is 3.86. The molecule has 1 fully saturated rings. The molecule has 1 aliphatic heterocycles. The Balaban J connectivity index is 2.04. The van der Waals surface area contributed by atoms with Crippen molar-refractivity contribution in [2.24, 2.45) is 0 Å². The van der Waals surface area contributed by atoms with E-state index in [0.29, 0.717) is 13.1 Å². The smallest absolute Gasteiger partial charge is 0.254 e. The molecule has 19 heavy (non-hydrogen) atoms. The number of rotatable bonds is 2. The van der Waals surface area contributed by atoms with Crippen LogP contribution in [0.3, 0.4) is 0 Å². The third kappa shape index (κ3) is 3.30. The standard InChI is InChI=1S/C12H15FN2O3S/c1-19(17,18)15-7-5-14(6-8-15)12(16)10-3-2-4-11(13)9-10/h2-4,9H,5-8H2,1H3. The van der Waals surface area contributed by atoms with Crippen molar-refractivity contribution in [2.45, 2.75) is 0 Å². The van der Waals surface area contributed by atoms with Gasteiger partial charge in [0.25, 0.3) is 5.91 Å². The Labute approximate surface area is 111 Å². The van der Waals surface area contributed by atoms with Gasteiger partial charge < -0.3 is 4.90 Å². The molecule has 2 rings (SSSR count). The Morgan fingerprint density at radius 3 is 2.37 bits per heavy atom. The quantitative estimate of drug-likeness (QED) is 0.797. The zero-order valence-corrected chi connectivity index (χ0v) is 11.4. The van der Waals surface area contributed by atoms with Gasteiger partial charge in [0, 0.05) is 31.7 Å². The number of carbonyl (C=O) groups excluding carboxylic acids is 1. The molecule has 0 radical (unpaired) electrons. The summed E-state index contributed by atoms with van der Waals surface area (Å²) in [5.41, 5.74) is 0.285. The van der Waals surface area contributed by atoms with Gasteiger partial charge in [0.2, 0.25) is 10.0 Å². The average molecular weight is 286 g/mol. The highest BCUT2D eigenvalue weighted by Gasteiger charge is 2.26. The van der Waals surface area contributed by atoms with Gasteiger partial charge in [-0.15, -0.1) is 0 Å². The number of nitrogens with zero attached hydrogens (tertiary/aromatic N) is 2. The van der Waals surface area contributed by atoms with Gasteiger partial charge in [-0.2, -0.15) is 4.31 Å². The van der Waals surface area contributed by atoms with E-state index in [2.05, 4.69) is 0 Å². The molecule has 1 aromatic carbocycles. The molecule has 1 aliphatic rings. The van der Waals surface area contributed by atoms with Gasteiger partial charge in [-0.1, -0.05) is 6.07 Å². The molecule has 1 aromatic rings. The molecule has 0 atom stereocenters. The van der Waals surface area contributed by atoms with Gasteiger partial charge in [0.1, 0.15) is 5.82 Å². The summed E-state index contributed by atoms with van der Waals surface area (Å²) in [5, 5.41) is 0. The van der Waals surface area contributed by atoms with Gasteiger partial charge in [-0.05, 0) is 18.2 Å². The predicted octanol–water partition coefficient (Wildman–Crippen LogP) is 0.543. The van der Waals surface area contributed by atoms with Crippen molar-refractivity contribution >= 4 is 15.9 Å². The number of benzene rings is 1. The maximum atomic E-state index is 13.1. The molecule has 104 valence electrons. The van der Waals surface area contributed by atoms with E-state index in [1.54, 1.807) is 6.07 Å². The van der Waals surface area contributed by atoms with Gasteiger partial charge >= 0.3 is 0 Å². The van der Waals surface area contributed by atoms with Crippen molar-refractivity contribution in [3.05, 3.63) is 35.6 Å². The summed E-state index contributed by atoms with van der Waals surface area (Å²) in [6.45, 7) is 1.20. The highest BCUT2D eigenvalue weighted by atomic mass is 32.2. The first-order valence-corrected chi connectivity index (χ1v) is 7.73. The average Bonchev–Trinajstić information content (AvgIpc) is 2.37. The Morgan fingerprint density at radius 2 is 1.84 bits per heavy atom. The van der Waals surface area contributed by atoms with E-state index in [4.69, 9.17) is 0 Å². The second kappa shape index (κ2) is 5.26. The molecule has 0 spiro atoms. The predicted molar refractivity (Wildman–Crippen MR) is 68.7 cm³/mol. The minimum Gasteiger partial charge on any atom is -0.336 e. The second-order valence-electron chi connectivity index (χ2n) is 4.46. The molecular formula is C12H15FN2O3S. The van der Waals surface area contributed by atoms with Gasteiger partial charge in [-0.3, -0.25) is 4.79 Å². The lowest BCUT2D eigenvalue weighted by Crippen LogP contribution is -2.50. The number of hydrogen-bond donors (Lipinski definition) is 0. The molecule has 1 heterocycles. The topological polar surface area (TPSA) is 57.7 Å². The summed E-state index contributed by atoms with van der Waals surface area (Å²) < 4.78 is 37.1. The molecule has 0 N–H and O–H groups in total. The summed E-state index contributed by atoms with van der Waals surface area (Å²) in [7, 11) is -3.21. The lowest BCUT2D eigenvalue weighted by molar-refractivity contribution is 0.0698. The number of halogens is 1. The zero-order chi connectivity index (χ0) is 14.0. The van der Waals surface area contributed by atoms with Crippen LogP contribution in [0.1, 0.15) is 10.4 Å². The van der Waals surface area contributed by atoms with Crippen LogP contribution in [0.5, 0.6) is 0 Å². The summed E-state index contributed by atoms with van der Waals surface area (Å²) in [6, 6.07) is 5.49. The third-order valence-corrected chi connectivity index (χ3v) is 4.37.